The minimum atomic E-state index is 0.269. The molecule has 1 aromatic carbocycles. The summed E-state index contributed by atoms with van der Waals surface area (Å²) < 4.78 is 0. The lowest BCUT2D eigenvalue weighted by Gasteiger charge is -2.39. The highest BCUT2D eigenvalue weighted by molar-refractivity contribution is 5.22. The molecule has 1 aliphatic rings. The Morgan fingerprint density at radius 1 is 1.35 bits per heavy atom. The lowest BCUT2D eigenvalue weighted by Crippen LogP contribution is -2.57. The van der Waals surface area contributed by atoms with Gasteiger partial charge in [0, 0.05) is 31.7 Å². The topological polar surface area (TPSA) is 15.3 Å². The zero-order chi connectivity index (χ0) is 12.3. The minimum absolute atomic E-state index is 0.269. The van der Waals surface area contributed by atoms with Crippen molar-refractivity contribution in [3.8, 4) is 0 Å². The largest absolute Gasteiger partial charge is 0.309 e. The molecular formula is C15H24N2. The van der Waals surface area contributed by atoms with E-state index in [1.165, 1.54) is 24.2 Å². The fourth-order valence-electron chi connectivity index (χ4n) is 2.59. The van der Waals surface area contributed by atoms with Crippen molar-refractivity contribution < 1.29 is 0 Å². The number of nitrogens with zero attached hydrogens (tertiary/aromatic N) is 1. The van der Waals surface area contributed by atoms with Gasteiger partial charge in [-0.3, -0.25) is 4.90 Å². The Balaban J connectivity index is 1.86. The van der Waals surface area contributed by atoms with E-state index in [2.05, 4.69) is 55.3 Å². The third kappa shape index (κ3) is 3.83. The van der Waals surface area contributed by atoms with Crippen molar-refractivity contribution in [2.75, 3.05) is 26.2 Å². The molecule has 0 saturated carbocycles. The molecule has 0 unspecified atom stereocenters. The maximum Gasteiger partial charge on any atom is 0.0252 e. The highest BCUT2D eigenvalue weighted by Crippen LogP contribution is 2.11. The van der Waals surface area contributed by atoms with Gasteiger partial charge in [-0.1, -0.05) is 29.8 Å². The summed E-state index contributed by atoms with van der Waals surface area (Å²) in [5.41, 5.74) is 3.09. The van der Waals surface area contributed by atoms with Gasteiger partial charge in [-0.15, -0.1) is 0 Å². The Morgan fingerprint density at radius 2 is 2.18 bits per heavy atom. The lowest BCUT2D eigenvalue weighted by molar-refractivity contribution is 0.156. The van der Waals surface area contributed by atoms with Crippen LogP contribution in [0.3, 0.4) is 0 Å². The van der Waals surface area contributed by atoms with Crippen LogP contribution in [-0.4, -0.2) is 36.6 Å². The third-order valence-electron chi connectivity index (χ3n) is 3.45. The van der Waals surface area contributed by atoms with Crippen LogP contribution in [0.25, 0.3) is 0 Å². The monoisotopic (exact) mass is 232 g/mol. The van der Waals surface area contributed by atoms with E-state index in [9.17, 15) is 0 Å². The fraction of sp³-hybridized carbons (Fsp3) is 0.600. The molecule has 2 nitrogen and oxygen atoms in total. The SMILES string of the molecule is Cc1cccc(CCN2CCNC(C)(C)C2)c1. The number of nitrogens with one attached hydrogen (secondary N) is 1. The Kier molecular flexibility index (Phi) is 3.85. The van der Waals surface area contributed by atoms with Gasteiger partial charge < -0.3 is 5.32 Å². The highest BCUT2D eigenvalue weighted by atomic mass is 15.2. The van der Waals surface area contributed by atoms with E-state index >= 15 is 0 Å². The fourth-order valence-corrected chi connectivity index (χ4v) is 2.59. The first-order chi connectivity index (χ1) is 8.05. The minimum Gasteiger partial charge on any atom is -0.309 e. The van der Waals surface area contributed by atoms with Crippen LogP contribution in [0.1, 0.15) is 25.0 Å². The number of hydrogen-bond donors (Lipinski definition) is 1. The smallest absolute Gasteiger partial charge is 0.0252 e. The van der Waals surface area contributed by atoms with Crippen LogP contribution in [0, 0.1) is 6.92 Å². The van der Waals surface area contributed by atoms with Crippen LogP contribution in [0.2, 0.25) is 0 Å². The summed E-state index contributed by atoms with van der Waals surface area (Å²) in [7, 11) is 0. The molecule has 17 heavy (non-hydrogen) atoms. The first-order valence-electron chi connectivity index (χ1n) is 6.58. The first-order valence-corrected chi connectivity index (χ1v) is 6.58. The molecule has 1 heterocycles. The van der Waals surface area contributed by atoms with Gasteiger partial charge in [-0.25, -0.2) is 0 Å². The van der Waals surface area contributed by atoms with Gasteiger partial charge in [0.1, 0.15) is 0 Å². The van der Waals surface area contributed by atoms with E-state index in [1.807, 2.05) is 0 Å². The summed E-state index contributed by atoms with van der Waals surface area (Å²) in [5, 5.41) is 3.55. The second kappa shape index (κ2) is 5.19. The third-order valence-corrected chi connectivity index (χ3v) is 3.45. The first kappa shape index (κ1) is 12.6. The van der Waals surface area contributed by atoms with Crippen molar-refractivity contribution in [3.05, 3.63) is 35.4 Å². The Hall–Kier alpha value is -0.860. The Morgan fingerprint density at radius 3 is 2.88 bits per heavy atom. The molecule has 0 amide bonds. The molecule has 94 valence electrons. The zero-order valence-electron chi connectivity index (χ0n) is 11.3. The molecule has 2 heteroatoms. The van der Waals surface area contributed by atoms with Gasteiger partial charge in [0.05, 0.1) is 0 Å². The number of rotatable bonds is 3. The van der Waals surface area contributed by atoms with Crippen molar-refractivity contribution in [3.63, 3.8) is 0 Å². The number of aryl methyl sites for hydroxylation is 1. The molecule has 1 aliphatic heterocycles. The predicted molar refractivity (Wildman–Crippen MR) is 73.4 cm³/mol. The Bertz CT molecular complexity index is 371. The van der Waals surface area contributed by atoms with E-state index in [4.69, 9.17) is 0 Å². The molecular weight excluding hydrogens is 208 g/mol. The zero-order valence-corrected chi connectivity index (χ0v) is 11.3. The van der Waals surface area contributed by atoms with Gasteiger partial charge >= 0.3 is 0 Å². The number of hydrogen-bond acceptors (Lipinski definition) is 2. The van der Waals surface area contributed by atoms with E-state index in [0.717, 1.165) is 19.5 Å². The molecule has 0 radical (unpaired) electrons. The second-order valence-electron chi connectivity index (χ2n) is 5.83. The van der Waals surface area contributed by atoms with Crippen LogP contribution >= 0.6 is 0 Å². The highest BCUT2D eigenvalue weighted by Gasteiger charge is 2.24. The van der Waals surface area contributed by atoms with E-state index < -0.39 is 0 Å². The molecule has 1 saturated heterocycles. The van der Waals surface area contributed by atoms with Crippen molar-refractivity contribution >= 4 is 0 Å². The summed E-state index contributed by atoms with van der Waals surface area (Å²) in [6.45, 7) is 11.3. The summed E-state index contributed by atoms with van der Waals surface area (Å²) in [6.07, 6.45) is 1.16. The molecule has 1 aromatic rings. The summed E-state index contributed by atoms with van der Waals surface area (Å²) >= 11 is 0. The van der Waals surface area contributed by atoms with Gasteiger partial charge in [-0.2, -0.15) is 0 Å². The summed E-state index contributed by atoms with van der Waals surface area (Å²) in [5.74, 6) is 0. The maximum absolute atomic E-state index is 3.55. The lowest BCUT2D eigenvalue weighted by atomic mass is 10.0. The van der Waals surface area contributed by atoms with Gasteiger partial charge in [0.15, 0.2) is 0 Å². The average Bonchev–Trinajstić information content (AvgIpc) is 2.25. The molecule has 0 atom stereocenters. The van der Waals surface area contributed by atoms with E-state index in [1.54, 1.807) is 0 Å². The van der Waals surface area contributed by atoms with Crippen LogP contribution in [0.15, 0.2) is 24.3 Å². The van der Waals surface area contributed by atoms with Gasteiger partial charge in [0.25, 0.3) is 0 Å². The number of piperazine rings is 1. The molecule has 0 aliphatic carbocycles. The van der Waals surface area contributed by atoms with Crippen LogP contribution in [-0.2, 0) is 6.42 Å². The normalized spacial score (nSPS) is 20.4. The standard InChI is InChI=1S/C15H24N2/c1-13-5-4-6-14(11-13)7-9-17-10-8-16-15(2,3)12-17/h4-6,11,16H,7-10,12H2,1-3H3. The van der Waals surface area contributed by atoms with Gasteiger partial charge in [-0.05, 0) is 32.8 Å². The second-order valence-corrected chi connectivity index (χ2v) is 5.83. The van der Waals surface area contributed by atoms with Crippen molar-refractivity contribution in [2.24, 2.45) is 0 Å². The molecule has 0 aromatic heterocycles. The molecule has 1 fully saturated rings. The Labute approximate surface area is 105 Å². The number of benzene rings is 1. The molecule has 0 bridgehead atoms. The molecule has 0 spiro atoms. The predicted octanol–water partition coefficient (Wildman–Crippen LogP) is 2.22. The van der Waals surface area contributed by atoms with E-state index in [-0.39, 0.29) is 5.54 Å². The average molecular weight is 232 g/mol. The summed E-state index contributed by atoms with van der Waals surface area (Å²) in [4.78, 5) is 2.57. The quantitative estimate of drug-likeness (QED) is 0.859. The van der Waals surface area contributed by atoms with Crippen molar-refractivity contribution in [1.29, 1.82) is 0 Å². The van der Waals surface area contributed by atoms with Crippen molar-refractivity contribution in [2.45, 2.75) is 32.7 Å². The van der Waals surface area contributed by atoms with Crippen LogP contribution < -0.4 is 5.32 Å². The maximum atomic E-state index is 3.55. The van der Waals surface area contributed by atoms with Crippen molar-refractivity contribution in [1.82, 2.24) is 10.2 Å². The molecule has 2 rings (SSSR count). The van der Waals surface area contributed by atoms with E-state index in [0.29, 0.717) is 0 Å². The van der Waals surface area contributed by atoms with Gasteiger partial charge in [0.2, 0.25) is 0 Å². The molecule has 1 N–H and O–H groups in total. The van der Waals surface area contributed by atoms with Crippen LogP contribution in [0.4, 0.5) is 0 Å². The van der Waals surface area contributed by atoms with Crippen LogP contribution in [0.5, 0.6) is 0 Å². The summed E-state index contributed by atoms with van der Waals surface area (Å²) in [6, 6.07) is 8.86.